The molecule has 0 unspecified atom stereocenters. The van der Waals surface area contributed by atoms with Crippen molar-refractivity contribution >= 4 is 23.8 Å². The molecule has 0 saturated heterocycles. The number of aromatic nitrogens is 4. The fourth-order valence-corrected chi connectivity index (χ4v) is 2.02. The summed E-state index contributed by atoms with van der Waals surface area (Å²) in [6, 6.07) is 1.84. The number of nitrogens with zero attached hydrogens (tertiary/aromatic N) is 3. The lowest BCUT2D eigenvalue weighted by molar-refractivity contribution is 0.521. The van der Waals surface area contributed by atoms with Crippen LogP contribution in [0.2, 0.25) is 5.02 Å². The van der Waals surface area contributed by atoms with E-state index in [0.717, 1.165) is 17.9 Å². The Balaban J connectivity index is 2.53. The van der Waals surface area contributed by atoms with Gasteiger partial charge < -0.3 is 0 Å². The number of rotatable bonds is 3. The molecule has 90 valence electrons. The molecule has 0 fully saturated rings. The summed E-state index contributed by atoms with van der Waals surface area (Å²) < 4.78 is 2.57. The maximum absolute atomic E-state index is 6.11. The average molecular weight is 269 g/mol. The highest BCUT2D eigenvalue weighted by molar-refractivity contribution is 7.71. The second kappa shape index (κ2) is 4.98. The fraction of sp³-hybridized carbons (Fsp3) is 0.364. The van der Waals surface area contributed by atoms with Gasteiger partial charge in [0.25, 0.3) is 0 Å². The zero-order chi connectivity index (χ0) is 12.4. The Morgan fingerprint density at radius 1 is 1.53 bits per heavy atom. The van der Waals surface area contributed by atoms with E-state index in [1.165, 1.54) is 0 Å². The standard InChI is InChI=1S/C11H13ClN4S/c1-7(2)6-16-10(14-15-11(16)17)8-3-4-13-5-9(8)12/h3-5,7H,6H2,1-2H3,(H,15,17). The highest BCUT2D eigenvalue weighted by atomic mass is 35.5. The molecule has 0 aliphatic rings. The van der Waals surface area contributed by atoms with E-state index >= 15 is 0 Å². The van der Waals surface area contributed by atoms with E-state index in [1.807, 2.05) is 10.6 Å². The second-order valence-electron chi connectivity index (χ2n) is 4.21. The van der Waals surface area contributed by atoms with Gasteiger partial charge in [-0.1, -0.05) is 25.4 Å². The Morgan fingerprint density at radius 3 is 2.94 bits per heavy atom. The zero-order valence-electron chi connectivity index (χ0n) is 9.64. The fourth-order valence-electron chi connectivity index (χ4n) is 1.61. The molecule has 1 N–H and O–H groups in total. The van der Waals surface area contributed by atoms with Gasteiger partial charge in [-0.05, 0) is 24.2 Å². The van der Waals surface area contributed by atoms with E-state index in [0.29, 0.717) is 15.7 Å². The molecule has 0 aliphatic heterocycles. The zero-order valence-corrected chi connectivity index (χ0v) is 11.2. The smallest absolute Gasteiger partial charge is 0.195 e. The van der Waals surface area contributed by atoms with Gasteiger partial charge in [0.2, 0.25) is 0 Å². The van der Waals surface area contributed by atoms with Crippen LogP contribution in [0, 0.1) is 10.7 Å². The van der Waals surface area contributed by atoms with Gasteiger partial charge >= 0.3 is 0 Å². The quantitative estimate of drug-likeness (QED) is 0.869. The molecule has 2 rings (SSSR count). The lowest BCUT2D eigenvalue weighted by atomic mass is 10.2. The molecule has 0 saturated carbocycles. The van der Waals surface area contributed by atoms with Crippen LogP contribution in [0.25, 0.3) is 11.4 Å². The molecule has 2 heterocycles. The first kappa shape index (κ1) is 12.3. The summed E-state index contributed by atoms with van der Waals surface area (Å²) in [4.78, 5) is 3.96. The number of H-pyrrole nitrogens is 1. The molecular weight excluding hydrogens is 256 g/mol. The van der Waals surface area contributed by atoms with Gasteiger partial charge in [-0.25, -0.2) is 0 Å². The summed E-state index contributed by atoms with van der Waals surface area (Å²) in [7, 11) is 0. The van der Waals surface area contributed by atoms with Crippen LogP contribution in [0.1, 0.15) is 13.8 Å². The van der Waals surface area contributed by atoms with Crippen LogP contribution in [0.3, 0.4) is 0 Å². The SMILES string of the molecule is CC(C)Cn1c(-c2ccncc2Cl)n[nH]c1=S. The van der Waals surface area contributed by atoms with Crippen molar-refractivity contribution in [3.05, 3.63) is 28.3 Å². The minimum Gasteiger partial charge on any atom is -0.300 e. The maximum Gasteiger partial charge on any atom is 0.195 e. The molecule has 0 atom stereocenters. The third-order valence-electron chi connectivity index (χ3n) is 2.32. The Labute approximate surface area is 110 Å². The Hall–Kier alpha value is -1.20. The molecule has 0 spiro atoms. The summed E-state index contributed by atoms with van der Waals surface area (Å²) in [5.41, 5.74) is 0.842. The lowest BCUT2D eigenvalue weighted by Crippen LogP contribution is -2.06. The first-order chi connectivity index (χ1) is 8.09. The predicted molar refractivity (Wildman–Crippen MR) is 70.5 cm³/mol. The molecule has 0 bridgehead atoms. The minimum atomic E-state index is 0.485. The van der Waals surface area contributed by atoms with Crippen molar-refractivity contribution in [2.24, 2.45) is 5.92 Å². The number of pyridine rings is 1. The van der Waals surface area contributed by atoms with Crippen LogP contribution in [0.5, 0.6) is 0 Å². The Morgan fingerprint density at radius 2 is 2.29 bits per heavy atom. The van der Waals surface area contributed by atoms with Crippen LogP contribution in [0.4, 0.5) is 0 Å². The number of hydrogen-bond acceptors (Lipinski definition) is 3. The van der Waals surface area contributed by atoms with E-state index in [1.54, 1.807) is 12.4 Å². The third kappa shape index (κ3) is 2.56. The van der Waals surface area contributed by atoms with Gasteiger partial charge in [-0.15, -0.1) is 0 Å². The Kier molecular flexibility index (Phi) is 3.59. The van der Waals surface area contributed by atoms with Crippen LogP contribution < -0.4 is 0 Å². The van der Waals surface area contributed by atoms with Crippen LogP contribution in [0.15, 0.2) is 18.5 Å². The van der Waals surface area contributed by atoms with E-state index in [-0.39, 0.29) is 0 Å². The van der Waals surface area contributed by atoms with E-state index < -0.39 is 0 Å². The molecule has 2 aromatic heterocycles. The largest absolute Gasteiger partial charge is 0.300 e. The van der Waals surface area contributed by atoms with Crippen molar-refractivity contribution in [1.29, 1.82) is 0 Å². The van der Waals surface area contributed by atoms with E-state index in [2.05, 4.69) is 29.0 Å². The highest BCUT2D eigenvalue weighted by Crippen LogP contribution is 2.25. The average Bonchev–Trinajstić information content (AvgIpc) is 2.61. The molecule has 6 heteroatoms. The summed E-state index contributed by atoms with van der Waals surface area (Å²) in [5.74, 6) is 1.25. The van der Waals surface area contributed by atoms with Crippen LogP contribution >= 0.6 is 23.8 Å². The maximum atomic E-state index is 6.11. The lowest BCUT2D eigenvalue weighted by Gasteiger charge is -2.09. The normalized spacial score (nSPS) is 11.1. The molecule has 4 nitrogen and oxygen atoms in total. The molecule has 17 heavy (non-hydrogen) atoms. The van der Waals surface area contributed by atoms with Gasteiger partial charge in [-0.3, -0.25) is 14.6 Å². The van der Waals surface area contributed by atoms with Gasteiger partial charge in [0, 0.05) is 24.5 Å². The number of halogens is 1. The molecule has 0 amide bonds. The highest BCUT2D eigenvalue weighted by Gasteiger charge is 2.12. The number of nitrogens with one attached hydrogen (secondary N) is 1. The molecule has 0 aliphatic carbocycles. The van der Waals surface area contributed by atoms with Crippen molar-refractivity contribution in [3.63, 3.8) is 0 Å². The molecular formula is C11H13ClN4S. The first-order valence-corrected chi connectivity index (χ1v) is 6.13. The van der Waals surface area contributed by atoms with Gasteiger partial charge in [-0.2, -0.15) is 5.10 Å². The third-order valence-corrected chi connectivity index (χ3v) is 2.93. The topological polar surface area (TPSA) is 46.5 Å². The van der Waals surface area contributed by atoms with Crippen LogP contribution in [-0.4, -0.2) is 19.7 Å². The summed E-state index contributed by atoms with van der Waals surface area (Å²) >= 11 is 11.3. The first-order valence-electron chi connectivity index (χ1n) is 5.34. The minimum absolute atomic E-state index is 0.485. The van der Waals surface area contributed by atoms with Crippen LogP contribution in [-0.2, 0) is 6.54 Å². The van der Waals surface area contributed by atoms with E-state index in [4.69, 9.17) is 23.8 Å². The van der Waals surface area contributed by atoms with Crippen molar-refractivity contribution in [1.82, 2.24) is 19.7 Å². The van der Waals surface area contributed by atoms with Crippen molar-refractivity contribution < 1.29 is 0 Å². The van der Waals surface area contributed by atoms with E-state index in [9.17, 15) is 0 Å². The number of hydrogen-bond donors (Lipinski definition) is 1. The molecule has 0 radical (unpaired) electrons. The summed E-state index contributed by atoms with van der Waals surface area (Å²) in [6.07, 6.45) is 3.30. The van der Waals surface area contributed by atoms with Crippen molar-refractivity contribution in [2.45, 2.75) is 20.4 Å². The molecule has 0 aromatic carbocycles. The van der Waals surface area contributed by atoms with Gasteiger partial charge in [0.1, 0.15) is 0 Å². The molecule has 2 aromatic rings. The Bertz CT molecular complexity index is 573. The monoisotopic (exact) mass is 268 g/mol. The summed E-state index contributed by atoms with van der Waals surface area (Å²) in [6.45, 7) is 5.07. The van der Waals surface area contributed by atoms with Gasteiger partial charge in [0.15, 0.2) is 10.6 Å². The number of aromatic amines is 1. The second-order valence-corrected chi connectivity index (χ2v) is 5.01. The summed E-state index contributed by atoms with van der Waals surface area (Å²) in [5, 5.41) is 7.61. The van der Waals surface area contributed by atoms with Crippen molar-refractivity contribution in [3.8, 4) is 11.4 Å². The van der Waals surface area contributed by atoms with Gasteiger partial charge in [0.05, 0.1) is 5.02 Å². The van der Waals surface area contributed by atoms with Crippen molar-refractivity contribution in [2.75, 3.05) is 0 Å². The predicted octanol–water partition coefficient (Wildman–Crippen LogP) is 3.31.